The molecule has 0 bridgehead atoms. The second kappa shape index (κ2) is 15.2. The first-order chi connectivity index (χ1) is 22.2. The fourth-order valence-corrected chi connectivity index (χ4v) is 11.8. The van der Waals surface area contributed by atoms with Crippen LogP contribution in [-0.4, -0.2) is 35.7 Å². The standard InChI is InChI=1S/C39H66O6.C3H6/c1-11-13-27-28-15-14-26-24-36(7)20-17-30(45-32(42)18-19-34(3,4)25-31(40)41)35(5,6)29(36)16-21-38(26,9)39(28,10)23-22-37(27,8)33(43)44-12-2;1-3-2/h26-30H,11-25H2,1-10H3,(H,40,41);3H,1H2,2H3/t26?,27-,28-,29?,30?,36?,37?,38?,39-;/m1./s1. The molecule has 6 unspecified atom stereocenters. The van der Waals surface area contributed by atoms with Crippen LogP contribution in [0.1, 0.15) is 166 Å². The Morgan fingerprint density at radius 1 is 0.917 bits per heavy atom. The Kier molecular flexibility index (Phi) is 12.8. The van der Waals surface area contributed by atoms with E-state index in [0.717, 1.165) is 44.9 Å². The molecule has 4 aliphatic rings. The van der Waals surface area contributed by atoms with E-state index in [4.69, 9.17) is 9.47 Å². The summed E-state index contributed by atoms with van der Waals surface area (Å²) in [5.41, 5.74) is -0.371. The summed E-state index contributed by atoms with van der Waals surface area (Å²) in [6.07, 6.45) is 14.6. The largest absolute Gasteiger partial charge is 0.481 e. The molecular weight excluding hydrogens is 600 g/mol. The third kappa shape index (κ3) is 7.73. The molecule has 0 spiro atoms. The Balaban J connectivity index is 0.00000201. The molecule has 9 atom stereocenters. The third-order valence-electron chi connectivity index (χ3n) is 14.8. The van der Waals surface area contributed by atoms with Crippen LogP contribution in [0.5, 0.6) is 0 Å². The van der Waals surface area contributed by atoms with E-state index >= 15 is 0 Å². The van der Waals surface area contributed by atoms with E-state index in [-0.39, 0.29) is 52.5 Å². The SMILES string of the molecule is C=CC.CCC[C@@H]1[C@H]2CCC3CC4(C)CCC(OC(=O)CCC(C)(C)CC(=O)O)C(C)(C)C4CCC3(C)[C@]2(C)CCC1(C)C(=O)OCC. The molecule has 0 aliphatic heterocycles. The summed E-state index contributed by atoms with van der Waals surface area (Å²) in [5.74, 6) is 1.02. The Labute approximate surface area is 294 Å². The number of esters is 2. The predicted molar refractivity (Wildman–Crippen MR) is 194 cm³/mol. The zero-order chi connectivity index (χ0) is 36.3. The molecule has 4 aliphatic carbocycles. The minimum absolute atomic E-state index is 0.0185. The van der Waals surface area contributed by atoms with Crippen molar-refractivity contribution >= 4 is 17.9 Å². The van der Waals surface area contributed by atoms with Crippen LogP contribution in [0.4, 0.5) is 0 Å². The van der Waals surface area contributed by atoms with E-state index in [1.165, 1.54) is 25.7 Å². The normalized spacial score (nSPS) is 38.8. The Bertz CT molecular complexity index is 1160. The molecule has 0 heterocycles. The highest BCUT2D eigenvalue weighted by Crippen LogP contribution is 2.72. The maximum Gasteiger partial charge on any atom is 0.312 e. The smallest absolute Gasteiger partial charge is 0.312 e. The molecule has 6 heteroatoms. The van der Waals surface area contributed by atoms with E-state index in [1.807, 2.05) is 27.7 Å². The van der Waals surface area contributed by atoms with Gasteiger partial charge < -0.3 is 14.6 Å². The number of carboxylic acids is 1. The van der Waals surface area contributed by atoms with Crippen LogP contribution in [0.3, 0.4) is 0 Å². The lowest BCUT2D eigenvalue weighted by Crippen LogP contribution is -2.60. The van der Waals surface area contributed by atoms with Crippen molar-refractivity contribution in [2.75, 3.05) is 6.61 Å². The number of carbonyl (C=O) groups is 3. The average Bonchev–Trinajstić information content (AvgIpc) is 3.10. The first-order valence-corrected chi connectivity index (χ1v) is 19.4. The highest BCUT2D eigenvalue weighted by atomic mass is 16.5. The molecule has 4 rings (SSSR count). The molecule has 276 valence electrons. The van der Waals surface area contributed by atoms with Crippen molar-refractivity contribution < 1.29 is 29.0 Å². The first kappa shape index (κ1) is 40.6. The van der Waals surface area contributed by atoms with Gasteiger partial charge in [0.2, 0.25) is 0 Å². The fraction of sp³-hybridized carbons (Fsp3) is 0.881. The molecule has 0 amide bonds. The highest BCUT2D eigenvalue weighted by molar-refractivity contribution is 5.77. The van der Waals surface area contributed by atoms with Gasteiger partial charge in [-0.3, -0.25) is 14.4 Å². The molecule has 6 nitrogen and oxygen atoms in total. The molecule has 4 fully saturated rings. The Morgan fingerprint density at radius 3 is 2.15 bits per heavy atom. The number of rotatable bonds is 10. The van der Waals surface area contributed by atoms with Crippen molar-refractivity contribution in [3.63, 3.8) is 0 Å². The van der Waals surface area contributed by atoms with Crippen LogP contribution in [0.25, 0.3) is 0 Å². The highest BCUT2D eigenvalue weighted by Gasteiger charge is 2.66. The first-order valence-electron chi connectivity index (χ1n) is 19.4. The van der Waals surface area contributed by atoms with Crippen LogP contribution in [0.2, 0.25) is 0 Å². The summed E-state index contributed by atoms with van der Waals surface area (Å²) in [7, 11) is 0. The molecule has 48 heavy (non-hydrogen) atoms. The number of carbonyl (C=O) groups excluding carboxylic acids is 2. The molecule has 0 saturated heterocycles. The quantitative estimate of drug-likeness (QED) is 0.183. The van der Waals surface area contributed by atoms with Gasteiger partial charge in [-0.1, -0.05) is 67.9 Å². The van der Waals surface area contributed by atoms with Gasteiger partial charge in [0.1, 0.15) is 6.10 Å². The number of carboxylic acid groups (broad SMARTS) is 1. The monoisotopic (exact) mass is 673 g/mol. The third-order valence-corrected chi connectivity index (χ3v) is 14.8. The molecule has 1 N–H and O–H groups in total. The summed E-state index contributed by atoms with van der Waals surface area (Å²) < 4.78 is 12.0. The van der Waals surface area contributed by atoms with Gasteiger partial charge >= 0.3 is 17.9 Å². The van der Waals surface area contributed by atoms with Crippen LogP contribution in [0.15, 0.2) is 12.7 Å². The van der Waals surface area contributed by atoms with Crippen molar-refractivity contribution in [1.29, 1.82) is 0 Å². The van der Waals surface area contributed by atoms with Crippen LogP contribution < -0.4 is 0 Å². The van der Waals surface area contributed by atoms with Gasteiger partial charge in [-0.15, -0.1) is 6.58 Å². The van der Waals surface area contributed by atoms with Crippen LogP contribution in [0, 0.1) is 56.2 Å². The molecule has 0 aromatic rings. The van der Waals surface area contributed by atoms with Gasteiger partial charge in [0.05, 0.1) is 18.4 Å². The summed E-state index contributed by atoms with van der Waals surface area (Å²) in [6.45, 7) is 28.3. The maximum absolute atomic E-state index is 13.4. The van der Waals surface area contributed by atoms with E-state index in [2.05, 4.69) is 55.0 Å². The molecular formula is C42H72O6. The fourth-order valence-electron chi connectivity index (χ4n) is 11.8. The van der Waals surface area contributed by atoms with E-state index in [1.54, 1.807) is 6.08 Å². The molecule has 0 radical (unpaired) electrons. The molecule has 0 aromatic carbocycles. The Morgan fingerprint density at radius 2 is 1.56 bits per heavy atom. The minimum Gasteiger partial charge on any atom is -0.481 e. The van der Waals surface area contributed by atoms with Crippen LogP contribution in [-0.2, 0) is 23.9 Å². The van der Waals surface area contributed by atoms with Gasteiger partial charge in [0.25, 0.3) is 0 Å². The zero-order valence-corrected chi connectivity index (χ0v) is 32.8. The second-order valence-corrected chi connectivity index (χ2v) is 18.7. The lowest BCUT2D eigenvalue weighted by molar-refractivity contribution is -0.192. The minimum atomic E-state index is -0.828. The number of allylic oxidation sites excluding steroid dienone is 1. The zero-order valence-electron chi connectivity index (χ0n) is 32.8. The summed E-state index contributed by atoms with van der Waals surface area (Å²) in [6, 6.07) is 0. The van der Waals surface area contributed by atoms with Crippen molar-refractivity contribution in [2.24, 2.45) is 56.2 Å². The van der Waals surface area contributed by atoms with Gasteiger partial charge in [0, 0.05) is 11.8 Å². The van der Waals surface area contributed by atoms with Crippen molar-refractivity contribution in [3.8, 4) is 0 Å². The van der Waals surface area contributed by atoms with Crippen LogP contribution >= 0.6 is 0 Å². The van der Waals surface area contributed by atoms with E-state index in [9.17, 15) is 19.5 Å². The maximum atomic E-state index is 13.4. The lowest BCUT2D eigenvalue weighted by Gasteiger charge is -2.65. The van der Waals surface area contributed by atoms with Gasteiger partial charge in [-0.05, 0) is 137 Å². The van der Waals surface area contributed by atoms with Crippen molar-refractivity contribution in [2.45, 2.75) is 172 Å². The molecule has 0 aromatic heterocycles. The lowest BCUT2D eigenvalue weighted by atomic mass is 9.39. The van der Waals surface area contributed by atoms with Gasteiger partial charge in [-0.2, -0.15) is 0 Å². The average molecular weight is 673 g/mol. The summed E-state index contributed by atoms with van der Waals surface area (Å²) >= 11 is 0. The summed E-state index contributed by atoms with van der Waals surface area (Å²) in [4.78, 5) is 37.8. The van der Waals surface area contributed by atoms with Gasteiger partial charge in [0.15, 0.2) is 0 Å². The van der Waals surface area contributed by atoms with E-state index < -0.39 is 16.8 Å². The van der Waals surface area contributed by atoms with Gasteiger partial charge in [-0.25, -0.2) is 0 Å². The topological polar surface area (TPSA) is 89.9 Å². The number of aliphatic carboxylic acids is 1. The number of fused-ring (bicyclic) bond motifs is 4. The summed E-state index contributed by atoms with van der Waals surface area (Å²) in [5, 5.41) is 9.24. The number of ether oxygens (including phenoxy) is 2. The second-order valence-electron chi connectivity index (χ2n) is 18.7. The predicted octanol–water partition coefficient (Wildman–Crippen LogP) is 10.8. The molecule has 4 saturated carbocycles. The number of hydrogen-bond acceptors (Lipinski definition) is 5. The van der Waals surface area contributed by atoms with Crippen molar-refractivity contribution in [1.82, 2.24) is 0 Å². The Hall–Kier alpha value is -1.85. The number of hydrogen-bond donors (Lipinski definition) is 1. The van der Waals surface area contributed by atoms with Crippen molar-refractivity contribution in [3.05, 3.63) is 12.7 Å². The van der Waals surface area contributed by atoms with E-state index in [0.29, 0.717) is 36.7 Å².